The van der Waals surface area contributed by atoms with E-state index >= 15 is 0 Å². The minimum Gasteiger partial charge on any atom is -0.497 e. The molecular formula is C15H17NO2. The Bertz CT molecular complexity index is 498. The van der Waals surface area contributed by atoms with Crippen LogP contribution in [0.1, 0.15) is 12.5 Å². The summed E-state index contributed by atoms with van der Waals surface area (Å²) in [6.07, 6.45) is 2.90. The number of hydrogen-bond donors (Lipinski definition) is 0. The SMILES string of the molecule is CCc1ccc(-c2cc(OC)cc(OC)c2)nc1. The topological polar surface area (TPSA) is 31.4 Å². The number of ether oxygens (including phenoxy) is 2. The van der Waals surface area contributed by atoms with Crippen molar-refractivity contribution in [1.82, 2.24) is 4.98 Å². The Morgan fingerprint density at radius 1 is 1.00 bits per heavy atom. The zero-order valence-corrected chi connectivity index (χ0v) is 10.9. The molecule has 0 unspecified atom stereocenters. The molecule has 0 saturated heterocycles. The zero-order chi connectivity index (χ0) is 13.0. The first-order chi connectivity index (χ1) is 8.76. The normalized spacial score (nSPS) is 10.2. The molecule has 1 aromatic carbocycles. The highest BCUT2D eigenvalue weighted by atomic mass is 16.5. The second-order valence-electron chi connectivity index (χ2n) is 4.01. The van der Waals surface area contributed by atoms with Crippen molar-refractivity contribution in [3.8, 4) is 22.8 Å². The van der Waals surface area contributed by atoms with Gasteiger partial charge in [-0.05, 0) is 30.2 Å². The number of hydrogen-bond acceptors (Lipinski definition) is 3. The molecule has 18 heavy (non-hydrogen) atoms. The van der Waals surface area contributed by atoms with Gasteiger partial charge < -0.3 is 9.47 Å². The van der Waals surface area contributed by atoms with E-state index in [9.17, 15) is 0 Å². The van der Waals surface area contributed by atoms with Gasteiger partial charge in [-0.25, -0.2) is 0 Å². The van der Waals surface area contributed by atoms with Crippen molar-refractivity contribution < 1.29 is 9.47 Å². The van der Waals surface area contributed by atoms with Crippen molar-refractivity contribution in [1.29, 1.82) is 0 Å². The van der Waals surface area contributed by atoms with Crippen LogP contribution in [0.15, 0.2) is 36.5 Å². The lowest BCUT2D eigenvalue weighted by molar-refractivity contribution is 0.394. The summed E-state index contributed by atoms with van der Waals surface area (Å²) < 4.78 is 10.5. The van der Waals surface area contributed by atoms with Crippen LogP contribution in [0.4, 0.5) is 0 Å². The predicted octanol–water partition coefficient (Wildman–Crippen LogP) is 3.33. The lowest BCUT2D eigenvalue weighted by Gasteiger charge is -2.08. The van der Waals surface area contributed by atoms with Crippen LogP contribution < -0.4 is 9.47 Å². The van der Waals surface area contributed by atoms with E-state index in [-0.39, 0.29) is 0 Å². The molecule has 3 nitrogen and oxygen atoms in total. The van der Waals surface area contributed by atoms with Crippen molar-refractivity contribution in [2.75, 3.05) is 14.2 Å². The minimum absolute atomic E-state index is 0.769. The van der Waals surface area contributed by atoms with E-state index < -0.39 is 0 Å². The van der Waals surface area contributed by atoms with E-state index in [1.807, 2.05) is 30.5 Å². The summed E-state index contributed by atoms with van der Waals surface area (Å²) >= 11 is 0. The van der Waals surface area contributed by atoms with Crippen LogP contribution in [0, 0.1) is 0 Å². The standard InChI is InChI=1S/C15H17NO2/c1-4-11-5-6-15(16-10-11)12-7-13(17-2)9-14(8-12)18-3/h5-10H,4H2,1-3H3. The van der Waals surface area contributed by atoms with Crippen LogP contribution in [0.25, 0.3) is 11.3 Å². The number of aromatic nitrogens is 1. The minimum atomic E-state index is 0.769. The summed E-state index contributed by atoms with van der Waals surface area (Å²) in [5, 5.41) is 0. The van der Waals surface area contributed by atoms with Crippen LogP contribution in [-0.2, 0) is 6.42 Å². The molecule has 0 amide bonds. The van der Waals surface area contributed by atoms with Crippen molar-refractivity contribution in [2.24, 2.45) is 0 Å². The van der Waals surface area contributed by atoms with E-state index in [0.717, 1.165) is 29.2 Å². The molecule has 0 aliphatic rings. The number of benzene rings is 1. The smallest absolute Gasteiger partial charge is 0.123 e. The third kappa shape index (κ3) is 2.62. The number of nitrogens with zero attached hydrogens (tertiary/aromatic N) is 1. The molecule has 1 aromatic heterocycles. The van der Waals surface area contributed by atoms with Crippen LogP contribution >= 0.6 is 0 Å². The first kappa shape index (κ1) is 12.4. The number of methoxy groups -OCH3 is 2. The maximum Gasteiger partial charge on any atom is 0.123 e. The van der Waals surface area contributed by atoms with Gasteiger partial charge in [-0.15, -0.1) is 0 Å². The van der Waals surface area contributed by atoms with Crippen LogP contribution in [0.2, 0.25) is 0 Å². The summed E-state index contributed by atoms with van der Waals surface area (Å²) in [7, 11) is 3.29. The Labute approximate surface area is 107 Å². The van der Waals surface area contributed by atoms with Gasteiger partial charge in [0.05, 0.1) is 19.9 Å². The van der Waals surface area contributed by atoms with Gasteiger partial charge in [0.2, 0.25) is 0 Å². The fourth-order valence-electron chi connectivity index (χ4n) is 1.76. The maximum absolute atomic E-state index is 5.26. The molecule has 2 aromatic rings. The largest absolute Gasteiger partial charge is 0.497 e. The highest BCUT2D eigenvalue weighted by Gasteiger charge is 2.05. The van der Waals surface area contributed by atoms with Crippen molar-refractivity contribution in [3.05, 3.63) is 42.1 Å². The second kappa shape index (κ2) is 5.54. The highest BCUT2D eigenvalue weighted by Crippen LogP contribution is 2.28. The molecule has 0 radical (unpaired) electrons. The molecule has 0 saturated carbocycles. The summed E-state index contributed by atoms with van der Waals surface area (Å²) in [6.45, 7) is 2.12. The Hall–Kier alpha value is -2.03. The van der Waals surface area contributed by atoms with Gasteiger partial charge in [0.15, 0.2) is 0 Å². The lowest BCUT2D eigenvalue weighted by Crippen LogP contribution is -1.91. The molecule has 0 aliphatic carbocycles. The number of rotatable bonds is 4. The van der Waals surface area contributed by atoms with Gasteiger partial charge in [0.25, 0.3) is 0 Å². The fraction of sp³-hybridized carbons (Fsp3) is 0.267. The van der Waals surface area contributed by atoms with E-state index in [2.05, 4.69) is 18.0 Å². The Morgan fingerprint density at radius 2 is 1.67 bits per heavy atom. The van der Waals surface area contributed by atoms with Gasteiger partial charge in [-0.2, -0.15) is 0 Å². The third-order valence-corrected chi connectivity index (χ3v) is 2.88. The monoisotopic (exact) mass is 243 g/mol. The van der Waals surface area contributed by atoms with Gasteiger partial charge in [-0.3, -0.25) is 4.98 Å². The Morgan fingerprint density at radius 3 is 2.11 bits per heavy atom. The molecule has 2 rings (SSSR count). The van der Waals surface area contributed by atoms with E-state index in [4.69, 9.17) is 9.47 Å². The molecule has 94 valence electrons. The van der Waals surface area contributed by atoms with Crippen LogP contribution in [0.5, 0.6) is 11.5 Å². The van der Waals surface area contributed by atoms with Crippen LogP contribution in [-0.4, -0.2) is 19.2 Å². The zero-order valence-electron chi connectivity index (χ0n) is 10.9. The number of aryl methyl sites for hydroxylation is 1. The average molecular weight is 243 g/mol. The van der Waals surface area contributed by atoms with Crippen molar-refractivity contribution >= 4 is 0 Å². The van der Waals surface area contributed by atoms with Gasteiger partial charge >= 0.3 is 0 Å². The molecule has 0 atom stereocenters. The van der Waals surface area contributed by atoms with E-state index in [1.54, 1.807) is 14.2 Å². The van der Waals surface area contributed by atoms with Gasteiger partial charge in [-0.1, -0.05) is 13.0 Å². The molecule has 1 heterocycles. The lowest BCUT2D eigenvalue weighted by atomic mass is 10.1. The molecular weight excluding hydrogens is 226 g/mol. The summed E-state index contributed by atoms with van der Waals surface area (Å²) in [6, 6.07) is 9.87. The summed E-state index contributed by atoms with van der Waals surface area (Å²) in [5.41, 5.74) is 3.15. The first-order valence-corrected chi connectivity index (χ1v) is 5.95. The molecule has 3 heteroatoms. The molecule has 0 fully saturated rings. The average Bonchev–Trinajstić information content (AvgIpc) is 2.46. The predicted molar refractivity (Wildman–Crippen MR) is 72.2 cm³/mol. The summed E-state index contributed by atoms with van der Waals surface area (Å²) in [5.74, 6) is 1.54. The number of pyridine rings is 1. The van der Waals surface area contributed by atoms with Crippen molar-refractivity contribution in [3.63, 3.8) is 0 Å². The molecule has 0 N–H and O–H groups in total. The molecule has 0 aliphatic heterocycles. The molecule has 0 bridgehead atoms. The first-order valence-electron chi connectivity index (χ1n) is 5.95. The fourth-order valence-corrected chi connectivity index (χ4v) is 1.76. The van der Waals surface area contributed by atoms with Gasteiger partial charge in [0, 0.05) is 17.8 Å². The third-order valence-electron chi connectivity index (χ3n) is 2.88. The van der Waals surface area contributed by atoms with Gasteiger partial charge in [0.1, 0.15) is 11.5 Å². The van der Waals surface area contributed by atoms with Crippen LogP contribution in [0.3, 0.4) is 0 Å². The maximum atomic E-state index is 5.26. The second-order valence-corrected chi connectivity index (χ2v) is 4.01. The van der Waals surface area contributed by atoms with Crippen molar-refractivity contribution in [2.45, 2.75) is 13.3 Å². The Kier molecular flexibility index (Phi) is 3.82. The Balaban J connectivity index is 2.41. The summed E-state index contributed by atoms with van der Waals surface area (Å²) in [4.78, 5) is 4.46. The quantitative estimate of drug-likeness (QED) is 0.825. The molecule has 0 spiro atoms. The van der Waals surface area contributed by atoms with E-state index in [0.29, 0.717) is 0 Å². The highest BCUT2D eigenvalue weighted by molar-refractivity contribution is 5.64. The van der Waals surface area contributed by atoms with E-state index in [1.165, 1.54) is 5.56 Å².